The first-order valence-corrected chi connectivity index (χ1v) is 7.86. The highest BCUT2D eigenvalue weighted by atomic mass is 32.1. The van der Waals surface area contributed by atoms with Crippen LogP contribution in [0, 0.1) is 11.3 Å². The molecule has 0 spiro atoms. The molecular weight excluding hydrogens is 278 g/mol. The smallest absolute Gasteiger partial charge is 0.136 e. The molecule has 1 aliphatic rings. The minimum absolute atomic E-state index is 0.394. The van der Waals surface area contributed by atoms with E-state index in [-0.39, 0.29) is 0 Å². The Morgan fingerprint density at radius 1 is 1.38 bits per heavy atom. The number of para-hydroxylation sites is 1. The van der Waals surface area contributed by atoms with Crippen LogP contribution >= 0.6 is 12.2 Å². The molecule has 0 saturated heterocycles. The number of hydrogen-bond donors (Lipinski definition) is 2. The van der Waals surface area contributed by atoms with Gasteiger partial charge in [-0.1, -0.05) is 44.3 Å². The number of thiocarbonyl (C=S) groups is 1. The Balaban J connectivity index is 1.93. The molecule has 3 rings (SSSR count). The Bertz CT molecular complexity index is 689. The van der Waals surface area contributed by atoms with Crippen LogP contribution in [0.1, 0.15) is 32.3 Å². The van der Waals surface area contributed by atoms with E-state index in [1.54, 1.807) is 0 Å². The molecular formula is C17H21N3S. The van der Waals surface area contributed by atoms with E-state index >= 15 is 0 Å². The van der Waals surface area contributed by atoms with Crippen LogP contribution in [0.4, 0.5) is 5.82 Å². The Hall–Kier alpha value is -1.68. The first-order valence-electron chi connectivity index (χ1n) is 7.45. The molecule has 0 atom stereocenters. The number of benzene rings is 1. The first kappa shape index (κ1) is 14.3. The molecule has 2 aromatic rings. The second kappa shape index (κ2) is 5.26. The molecule has 0 unspecified atom stereocenters. The molecule has 1 aromatic carbocycles. The van der Waals surface area contributed by atoms with Crippen molar-refractivity contribution in [2.75, 3.05) is 11.9 Å². The zero-order valence-electron chi connectivity index (χ0n) is 12.5. The summed E-state index contributed by atoms with van der Waals surface area (Å²) in [7, 11) is 0. The van der Waals surface area contributed by atoms with E-state index in [0.29, 0.717) is 16.3 Å². The first-order chi connectivity index (χ1) is 10.0. The highest BCUT2D eigenvalue weighted by Crippen LogP contribution is 2.51. The van der Waals surface area contributed by atoms with Gasteiger partial charge in [-0.3, -0.25) is 0 Å². The fraction of sp³-hybridized carbons (Fsp3) is 0.412. The van der Waals surface area contributed by atoms with Crippen LogP contribution in [0.25, 0.3) is 10.9 Å². The SMILES string of the molecule is CC(C)C1(CNc2nc3ccccc3cc2C(N)=S)CC1. The zero-order valence-corrected chi connectivity index (χ0v) is 13.3. The molecule has 3 nitrogen and oxygen atoms in total. The summed E-state index contributed by atoms with van der Waals surface area (Å²) in [5.41, 5.74) is 8.09. The average Bonchev–Trinajstić information content (AvgIpc) is 3.25. The Kier molecular flexibility index (Phi) is 3.57. The van der Waals surface area contributed by atoms with Gasteiger partial charge in [0.2, 0.25) is 0 Å². The van der Waals surface area contributed by atoms with Crippen molar-refractivity contribution >= 4 is 33.9 Å². The van der Waals surface area contributed by atoms with Crippen molar-refractivity contribution in [3.63, 3.8) is 0 Å². The highest BCUT2D eigenvalue weighted by Gasteiger charge is 2.45. The Morgan fingerprint density at radius 3 is 2.71 bits per heavy atom. The van der Waals surface area contributed by atoms with Crippen LogP contribution in [0.3, 0.4) is 0 Å². The van der Waals surface area contributed by atoms with Crippen LogP contribution in [0.15, 0.2) is 30.3 Å². The normalized spacial score (nSPS) is 16.1. The largest absolute Gasteiger partial charge is 0.389 e. The maximum absolute atomic E-state index is 5.87. The van der Waals surface area contributed by atoms with Gasteiger partial charge in [0.05, 0.1) is 11.1 Å². The maximum atomic E-state index is 5.87. The second-order valence-corrected chi connectivity index (χ2v) is 6.75. The van der Waals surface area contributed by atoms with Crippen molar-refractivity contribution in [3.05, 3.63) is 35.9 Å². The van der Waals surface area contributed by atoms with Gasteiger partial charge in [0.1, 0.15) is 10.8 Å². The third kappa shape index (κ3) is 2.72. The number of pyridine rings is 1. The molecule has 4 heteroatoms. The van der Waals surface area contributed by atoms with Gasteiger partial charge in [0.15, 0.2) is 0 Å². The number of hydrogen-bond acceptors (Lipinski definition) is 3. The van der Waals surface area contributed by atoms with Gasteiger partial charge in [-0.15, -0.1) is 0 Å². The minimum Gasteiger partial charge on any atom is -0.389 e. The molecule has 1 aliphatic carbocycles. The van der Waals surface area contributed by atoms with Gasteiger partial charge in [-0.2, -0.15) is 0 Å². The molecule has 0 amide bonds. The van der Waals surface area contributed by atoms with Crippen LogP contribution < -0.4 is 11.1 Å². The van der Waals surface area contributed by atoms with Crippen LogP contribution in [-0.2, 0) is 0 Å². The number of fused-ring (bicyclic) bond motifs is 1. The van der Waals surface area contributed by atoms with E-state index in [2.05, 4.69) is 19.2 Å². The molecule has 1 aromatic heterocycles. The van der Waals surface area contributed by atoms with Gasteiger partial charge in [0.25, 0.3) is 0 Å². The van der Waals surface area contributed by atoms with E-state index in [1.807, 2.05) is 30.3 Å². The molecule has 110 valence electrons. The fourth-order valence-electron chi connectivity index (χ4n) is 2.82. The number of aromatic nitrogens is 1. The van der Waals surface area contributed by atoms with E-state index in [4.69, 9.17) is 22.9 Å². The van der Waals surface area contributed by atoms with Gasteiger partial charge in [-0.25, -0.2) is 4.98 Å². The van der Waals surface area contributed by atoms with Gasteiger partial charge in [0, 0.05) is 11.9 Å². The summed E-state index contributed by atoms with van der Waals surface area (Å²) in [4.78, 5) is 5.10. The fourth-order valence-corrected chi connectivity index (χ4v) is 2.97. The minimum atomic E-state index is 0.394. The maximum Gasteiger partial charge on any atom is 0.136 e. The topological polar surface area (TPSA) is 50.9 Å². The van der Waals surface area contributed by atoms with E-state index in [1.165, 1.54) is 12.8 Å². The van der Waals surface area contributed by atoms with Gasteiger partial charge in [-0.05, 0) is 36.3 Å². The predicted octanol–water partition coefficient (Wildman–Crippen LogP) is 3.72. The molecule has 21 heavy (non-hydrogen) atoms. The van der Waals surface area contributed by atoms with E-state index in [9.17, 15) is 0 Å². The van der Waals surface area contributed by atoms with Crippen LogP contribution in [0.2, 0.25) is 0 Å². The predicted molar refractivity (Wildman–Crippen MR) is 92.6 cm³/mol. The number of nitrogens with zero attached hydrogens (tertiary/aromatic N) is 1. The number of nitrogens with two attached hydrogens (primary N) is 1. The lowest BCUT2D eigenvalue weighted by Crippen LogP contribution is -2.23. The van der Waals surface area contributed by atoms with Crippen molar-refractivity contribution in [3.8, 4) is 0 Å². The lowest BCUT2D eigenvalue weighted by molar-refractivity contribution is 0.380. The number of anilines is 1. The summed E-state index contributed by atoms with van der Waals surface area (Å²) in [5, 5.41) is 4.56. The molecule has 3 N–H and O–H groups in total. The average molecular weight is 299 g/mol. The van der Waals surface area contributed by atoms with E-state index in [0.717, 1.165) is 28.8 Å². The van der Waals surface area contributed by atoms with Crippen molar-refractivity contribution in [1.82, 2.24) is 4.98 Å². The summed E-state index contributed by atoms with van der Waals surface area (Å²) >= 11 is 5.19. The van der Waals surface area contributed by atoms with Crippen LogP contribution in [-0.4, -0.2) is 16.5 Å². The summed E-state index contributed by atoms with van der Waals surface area (Å²) < 4.78 is 0. The third-order valence-electron chi connectivity index (χ3n) is 4.71. The van der Waals surface area contributed by atoms with Crippen molar-refractivity contribution in [2.24, 2.45) is 17.1 Å². The molecule has 1 heterocycles. The van der Waals surface area contributed by atoms with Crippen LogP contribution in [0.5, 0.6) is 0 Å². The molecule has 0 radical (unpaired) electrons. The third-order valence-corrected chi connectivity index (χ3v) is 4.93. The lowest BCUT2D eigenvalue weighted by Gasteiger charge is -2.21. The quantitative estimate of drug-likeness (QED) is 0.826. The Morgan fingerprint density at radius 2 is 2.10 bits per heavy atom. The standard InChI is InChI=1S/C17H21N3S/c1-11(2)17(7-8-17)10-19-16-13(15(18)21)9-12-5-3-4-6-14(12)20-16/h3-6,9,11H,7-8,10H2,1-2H3,(H2,18,21)(H,19,20). The molecule has 0 aliphatic heterocycles. The van der Waals surface area contributed by atoms with Gasteiger partial charge >= 0.3 is 0 Å². The summed E-state index contributed by atoms with van der Waals surface area (Å²) in [6, 6.07) is 10.1. The molecule has 0 bridgehead atoms. The van der Waals surface area contributed by atoms with Crippen molar-refractivity contribution < 1.29 is 0 Å². The number of rotatable bonds is 5. The summed E-state index contributed by atoms with van der Waals surface area (Å²) in [6.45, 7) is 5.51. The Labute approximate surface area is 130 Å². The van der Waals surface area contributed by atoms with E-state index < -0.39 is 0 Å². The monoisotopic (exact) mass is 299 g/mol. The summed E-state index contributed by atoms with van der Waals surface area (Å²) in [5.74, 6) is 1.49. The number of nitrogens with one attached hydrogen (secondary N) is 1. The molecule has 1 saturated carbocycles. The zero-order chi connectivity index (χ0) is 15.0. The highest BCUT2D eigenvalue weighted by molar-refractivity contribution is 7.80. The molecule has 1 fully saturated rings. The van der Waals surface area contributed by atoms with Crippen molar-refractivity contribution in [2.45, 2.75) is 26.7 Å². The summed E-state index contributed by atoms with van der Waals surface area (Å²) in [6.07, 6.45) is 2.57. The second-order valence-electron chi connectivity index (χ2n) is 6.31. The van der Waals surface area contributed by atoms with Crippen molar-refractivity contribution in [1.29, 1.82) is 0 Å². The lowest BCUT2D eigenvalue weighted by atomic mass is 9.92. The van der Waals surface area contributed by atoms with Gasteiger partial charge < -0.3 is 11.1 Å².